The molecule has 0 amide bonds. The summed E-state index contributed by atoms with van der Waals surface area (Å²) in [6.07, 6.45) is 12.6. The topological polar surface area (TPSA) is 56.3 Å². The molecule has 0 aromatic carbocycles. The number of aromatic nitrogens is 2. The Bertz CT molecular complexity index is 662. The van der Waals surface area contributed by atoms with E-state index in [9.17, 15) is 0 Å². The highest BCUT2D eigenvalue weighted by molar-refractivity contribution is 7.80. The average Bonchev–Trinajstić information content (AvgIpc) is 3.06. The standard InChI is InChI=1S/C22H36N6S/c1-17-9-8-14-28(16-17)20-15-19(27-12-6-2-3-7-13-27)24-21(25-20)26-22(29)23-18-10-4-5-11-18/h15,17-18H,2-14,16H2,1H3,(H2,23,24,25,26,29)/t17-/m1/s1. The summed E-state index contributed by atoms with van der Waals surface area (Å²) in [5.74, 6) is 3.43. The minimum Gasteiger partial charge on any atom is -0.360 e. The molecule has 1 aromatic rings. The fourth-order valence-corrected chi connectivity index (χ4v) is 5.15. The molecule has 0 spiro atoms. The number of nitrogens with zero attached hydrogens (tertiary/aromatic N) is 4. The molecule has 1 atom stereocenters. The molecule has 1 aromatic heterocycles. The van der Waals surface area contributed by atoms with E-state index >= 15 is 0 Å². The number of nitrogens with one attached hydrogen (secondary N) is 2. The third kappa shape index (κ3) is 5.71. The Labute approximate surface area is 180 Å². The van der Waals surface area contributed by atoms with Crippen molar-refractivity contribution in [2.75, 3.05) is 41.3 Å². The van der Waals surface area contributed by atoms with Crippen LogP contribution in [0.15, 0.2) is 6.07 Å². The van der Waals surface area contributed by atoms with Crippen molar-refractivity contribution in [3.8, 4) is 0 Å². The fraction of sp³-hybridized carbons (Fsp3) is 0.773. The van der Waals surface area contributed by atoms with E-state index in [1.54, 1.807) is 0 Å². The molecule has 4 rings (SSSR count). The summed E-state index contributed by atoms with van der Waals surface area (Å²) >= 11 is 5.58. The van der Waals surface area contributed by atoms with Crippen LogP contribution in [0.5, 0.6) is 0 Å². The zero-order valence-electron chi connectivity index (χ0n) is 17.8. The summed E-state index contributed by atoms with van der Waals surface area (Å²) in [4.78, 5) is 14.6. The molecule has 3 fully saturated rings. The van der Waals surface area contributed by atoms with Gasteiger partial charge in [-0.05, 0) is 56.7 Å². The van der Waals surface area contributed by atoms with Gasteiger partial charge in [-0.3, -0.25) is 0 Å². The zero-order valence-corrected chi connectivity index (χ0v) is 18.6. The van der Waals surface area contributed by atoms with Crippen molar-refractivity contribution >= 4 is 34.9 Å². The van der Waals surface area contributed by atoms with Gasteiger partial charge in [-0.15, -0.1) is 0 Å². The second kappa shape index (κ2) is 9.92. The van der Waals surface area contributed by atoms with Crippen LogP contribution in [-0.4, -0.2) is 47.3 Å². The van der Waals surface area contributed by atoms with Gasteiger partial charge in [0.15, 0.2) is 5.11 Å². The summed E-state index contributed by atoms with van der Waals surface area (Å²) in [6, 6.07) is 2.69. The van der Waals surface area contributed by atoms with Crippen LogP contribution in [0.2, 0.25) is 0 Å². The van der Waals surface area contributed by atoms with Crippen LogP contribution < -0.4 is 20.4 Å². The van der Waals surface area contributed by atoms with Gasteiger partial charge in [0, 0.05) is 38.3 Å². The Kier molecular flexibility index (Phi) is 7.06. The maximum Gasteiger partial charge on any atom is 0.232 e. The molecular formula is C22H36N6S. The Morgan fingerprint density at radius 2 is 1.55 bits per heavy atom. The molecule has 2 aliphatic heterocycles. The van der Waals surface area contributed by atoms with Gasteiger partial charge in [0.1, 0.15) is 11.6 Å². The molecule has 160 valence electrons. The summed E-state index contributed by atoms with van der Waals surface area (Å²) in [6.45, 7) is 6.64. The van der Waals surface area contributed by atoms with Crippen LogP contribution in [0.4, 0.5) is 17.6 Å². The molecule has 0 bridgehead atoms. The van der Waals surface area contributed by atoms with Crippen molar-refractivity contribution in [3.05, 3.63) is 6.07 Å². The molecule has 29 heavy (non-hydrogen) atoms. The van der Waals surface area contributed by atoms with E-state index in [4.69, 9.17) is 22.2 Å². The highest BCUT2D eigenvalue weighted by Crippen LogP contribution is 2.27. The summed E-state index contributed by atoms with van der Waals surface area (Å²) in [5.41, 5.74) is 0. The number of rotatable bonds is 4. The predicted molar refractivity (Wildman–Crippen MR) is 125 cm³/mol. The number of piperidine rings is 1. The van der Waals surface area contributed by atoms with E-state index in [0.717, 1.165) is 37.8 Å². The van der Waals surface area contributed by atoms with Gasteiger partial charge in [-0.2, -0.15) is 9.97 Å². The van der Waals surface area contributed by atoms with E-state index < -0.39 is 0 Å². The third-order valence-corrected chi connectivity index (χ3v) is 6.75. The first-order valence-corrected chi connectivity index (χ1v) is 12.0. The zero-order chi connectivity index (χ0) is 20.1. The van der Waals surface area contributed by atoms with E-state index in [0.29, 0.717) is 23.0 Å². The first-order chi connectivity index (χ1) is 14.2. The van der Waals surface area contributed by atoms with Gasteiger partial charge in [-0.1, -0.05) is 32.6 Å². The quantitative estimate of drug-likeness (QED) is 0.709. The SMILES string of the molecule is C[C@@H]1CCCN(c2cc(N3CCCCCC3)nc(NC(=S)NC3CCCC3)n2)C1. The van der Waals surface area contributed by atoms with Crippen molar-refractivity contribution in [2.24, 2.45) is 5.92 Å². The highest BCUT2D eigenvalue weighted by Gasteiger charge is 2.22. The third-order valence-electron chi connectivity index (χ3n) is 6.53. The first kappa shape index (κ1) is 20.6. The Morgan fingerprint density at radius 1 is 0.897 bits per heavy atom. The number of hydrogen-bond donors (Lipinski definition) is 2. The fourth-order valence-electron chi connectivity index (χ4n) is 4.89. The second-order valence-corrected chi connectivity index (χ2v) is 9.49. The lowest BCUT2D eigenvalue weighted by Crippen LogP contribution is -2.37. The van der Waals surface area contributed by atoms with Gasteiger partial charge < -0.3 is 20.4 Å². The summed E-state index contributed by atoms with van der Waals surface area (Å²) < 4.78 is 0. The largest absolute Gasteiger partial charge is 0.360 e. The lowest BCUT2D eigenvalue weighted by molar-refractivity contribution is 0.444. The predicted octanol–water partition coefficient (Wildman–Crippen LogP) is 4.32. The van der Waals surface area contributed by atoms with Gasteiger partial charge in [0.05, 0.1) is 0 Å². The molecule has 3 heterocycles. The van der Waals surface area contributed by atoms with Gasteiger partial charge in [0.25, 0.3) is 0 Å². The van der Waals surface area contributed by atoms with E-state index in [2.05, 4.69) is 33.4 Å². The molecule has 0 radical (unpaired) electrons. The summed E-state index contributed by atoms with van der Waals surface area (Å²) in [7, 11) is 0. The van der Waals surface area contributed by atoms with Gasteiger partial charge >= 0.3 is 0 Å². The van der Waals surface area contributed by atoms with Crippen LogP contribution in [-0.2, 0) is 0 Å². The lowest BCUT2D eigenvalue weighted by atomic mass is 10.0. The van der Waals surface area contributed by atoms with Crippen molar-refractivity contribution in [1.29, 1.82) is 0 Å². The minimum absolute atomic E-state index is 0.492. The Morgan fingerprint density at radius 3 is 2.24 bits per heavy atom. The van der Waals surface area contributed by atoms with Crippen molar-refractivity contribution in [3.63, 3.8) is 0 Å². The van der Waals surface area contributed by atoms with Crippen LogP contribution in [0, 0.1) is 5.92 Å². The average molecular weight is 417 g/mol. The van der Waals surface area contributed by atoms with Crippen LogP contribution >= 0.6 is 12.2 Å². The molecule has 6 nitrogen and oxygen atoms in total. The molecule has 3 aliphatic rings. The molecule has 1 aliphatic carbocycles. The number of anilines is 3. The molecule has 7 heteroatoms. The lowest BCUT2D eigenvalue weighted by Gasteiger charge is -2.33. The Balaban J connectivity index is 1.54. The molecule has 2 saturated heterocycles. The highest BCUT2D eigenvalue weighted by atomic mass is 32.1. The maximum atomic E-state index is 5.58. The van der Waals surface area contributed by atoms with Gasteiger partial charge in [0.2, 0.25) is 5.95 Å². The monoisotopic (exact) mass is 416 g/mol. The maximum absolute atomic E-state index is 5.58. The number of thiocarbonyl (C=S) groups is 1. The smallest absolute Gasteiger partial charge is 0.232 e. The molecule has 2 N–H and O–H groups in total. The van der Waals surface area contributed by atoms with Crippen molar-refractivity contribution in [2.45, 2.75) is 77.2 Å². The summed E-state index contributed by atoms with van der Waals surface area (Å²) in [5, 5.41) is 7.41. The van der Waals surface area contributed by atoms with Crippen molar-refractivity contribution < 1.29 is 0 Å². The normalized spacial score (nSPS) is 23.7. The molecule has 1 saturated carbocycles. The van der Waals surface area contributed by atoms with Crippen LogP contribution in [0.25, 0.3) is 0 Å². The van der Waals surface area contributed by atoms with Crippen LogP contribution in [0.1, 0.15) is 71.1 Å². The Hall–Kier alpha value is -1.63. The van der Waals surface area contributed by atoms with E-state index in [1.165, 1.54) is 64.2 Å². The number of hydrogen-bond acceptors (Lipinski definition) is 5. The molecule has 0 unspecified atom stereocenters. The van der Waals surface area contributed by atoms with E-state index in [1.807, 2.05) is 0 Å². The van der Waals surface area contributed by atoms with Gasteiger partial charge in [-0.25, -0.2) is 0 Å². The molecular weight excluding hydrogens is 380 g/mol. The van der Waals surface area contributed by atoms with Crippen LogP contribution in [0.3, 0.4) is 0 Å². The first-order valence-electron chi connectivity index (χ1n) is 11.6. The van der Waals surface area contributed by atoms with E-state index in [-0.39, 0.29) is 0 Å². The minimum atomic E-state index is 0.492. The van der Waals surface area contributed by atoms with Crippen molar-refractivity contribution in [1.82, 2.24) is 15.3 Å². The second-order valence-electron chi connectivity index (χ2n) is 9.08.